The van der Waals surface area contributed by atoms with Crippen molar-refractivity contribution in [3.63, 3.8) is 0 Å². The molecule has 0 radical (unpaired) electrons. The Bertz CT molecular complexity index is 874. The van der Waals surface area contributed by atoms with E-state index in [-0.39, 0.29) is 4.90 Å². The highest BCUT2D eigenvalue weighted by Crippen LogP contribution is 2.20. The second-order valence-electron chi connectivity index (χ2n) is 4.73. The molecule has 0 fully saturated rings. The third-order valence-corrected chi connectivity index (χ3v) is 4.81. The van der Waals surface area contributed by atoms with Gasteiger partial charge in [-0.05, 0) is 48.5 Å². The fraction of sp³-hybridized carbons (Fsp3) is 0.143. The van der Waals surface area contributed by atoms with Crippen LogP contribution >= 0.6 is 0 Å². The number of hydrogen-bond acceptors (Lipinski definition) is 5. The molecule has 0 aromatic heterocycles. The van der Waals surface area contributed by atoms with Gasteiger partial charge >= 0.3 is 0 Å². The minimum Gasteiger partial charge on any atom is -0.497 e. The molecule has 0 aliphatic carbocycles. The molecule has 0 aliphatic rings. The fourth-order valence-electron chi connectivity index (χ4n) is 1.79. The molecule has 23 heavy (non-hydrogen) atoms. The van der Waals surface area contributed by atoms with Crippen molar-refractivity contribution in [2.24, 2.45) is 0 Å². The first-order valence-corrected chi connectivity index (χ1v) is 9.82. The van der Waals surface area contributed by atoms with Crippen molar-refractivity contribution in [3.05, 3.63) is 48.5 Å². The average molecular weight is 356 g/mol. The number of benzene rings is 2. The Morgan fingerprint density at radius 1 is 0.783 bits per heavy atom. The van der Waals surface area contributed by atoms with Crippen LogP contribution in [0.2, 0.25) is 0 Å². The summed E-state index contributed by atoms with van der Waals surface area (Å²) in [6.45, 7) is 0. The Hall–Kier alpha value is -2.26. The first-order chi connectivity index (χ1) is 10.7. The largest absolute Gasteiger partial charge is 0.497 e. The second-order valence-corrected chi connectivity index (χ2v) is 8.16. The second kappa shape index (κ2) is 6.47. The fourth-order valence-corrected chi connectivity index (χ4v) is 3.41. The average Bonchev–Trinajstić information content (AvgIpc) is 2.48. The van der Waals surface area contributed by atoms with Gasteiger partial charge in [0, 0.05) is 11.4 Å². The normalized spacial score (nSPS) is 11.7. The number of nitrogens with one attached hydrogen (secondary N) is 2. The van der Waals surface area contributed by atoms with Crippen LogP contribution in [0.15, 0.2) is 53.4 Å². The number of anilines is 2. The highest BCUT2D eigenvalue weighted by Gasteiger charge is 2.14. The smallest absolute Gasteiger partial charge is 0.261 e. The van der Waals surface area contributed by atoms with Crippen molar-refractivity contribution >= 4 is 31.4 Å². The SMILES string of the molecule is COc1ccc(S(=O)(=O)Nc2ccc(NS(C)(=O)=O)cc2)cc1. The molecule has 0 saturated heterocycles. The number of hydrogen-bond donors (Lipinski definition) is 2. The molecular formula is C14H16N2O5S2. The van der Waals surface area contributed by atoms with Crippen LogP contribution in [0.4, 0.5) is 11.4 Å². The number of sulfonamides is 2. The minimum atomic E-state index is -3.73. The zero-order valence-electron chi connectivity index (χ0n) is 12.5. The highest BCUT2D eigenvalue weighted by atomic mass is 32.2. The molecule has 0 amide bonds. The topological polar surface area (TPSA) is 102 Å². The molecule has 0 heterocycles. The Morgan fingerprint density at radius 2 is 1.26 bits per heavy atom. The van der Waals surface area contributed by atoms with E-state index in [4.69, 9.17) is 4.74 Å². The zero-order chi connectivity index (χ0) is 17.1. The van der Waals surface area contributed by atoms with Crippen LogP contribution in [-0.4, -0.2) is 30.2 Å². The Balaban J connectivity index is 2.16. The van der Waals surface area contributed by atoms with Gasteiger partial charge in [-0.25, -0.2) is 16.8 Å². The predicted molar refractivity (Wildman–Crippen MR) is 88.7 cm³/mol. The van der Waals surface area contributed by atoms with E-state index in [0.29, 0.717) is 17.1 Å². The lowest BCUT2D eigenvalue weighted by molar-refractivity contribution is 0.414. The zero-order valence-corrected chi connectivity index (χ0v) is 14.1. The molecule has 2 aromatic rings. The third kappa shape index (κ3) is 4.86. The van der Waals surface area contributed by atoms with Gasteiger partial charge in [-0.3, -0.25) is 9.44 Å². The summed E-state index contributed by atoms with van der Waals surface area (Å²) < 4.78 is 56.4. The highest BCUT2D eigenvalue weighted by molar-refractivity contribution is 7.92. The maximum atomic E-state index is 12.3. The Labute approximate surface area is 135 Å². The lowest BCUT2D eigenvalue weighted by atomic mass is 10.3. The molecule has 7 nitrogen and oxygen atoms in total. The monoisotopic (exact) mass is 356 g/mol. The molecule has 0 atom stereocenters. The summed E-state index contributed by atoms with van der Waals surface area (Å²) in [7, 11) is -5.61. The summed E-state index contributed by atoms with van der Waals surface area (Å²) in [4.78, 5) is 0.0941. The standard InChI is InChI=1S/C14H16N2O5S2/c1-21-13-7-9-14(10-8-13)23(19,20)16-12-5-3-11(4-6-12)15-22(2,17)18/h3-10,15-16H,1-2H3. The summed E-state index contributed by atoms with van der Waals surface area (Å²) in [5.41, 5.74) is 0.666. The van der Waals surface area contributed by atoms with Gasteiger partial charge in [-0.15, -0.1) is 0 Å². The van der Waals surface area contributed by atoms with Gasteiger partial charge in [0.25, 0.3) is 10.0 Å². The molecule has 124 valence electrons. The lowest BCUT2D eigenvalue weighted by Gasteiger charge is -2.10. The molecule has 0 bridgehead atoms. The molecule has 0 aliphatic heterocycles. The van der Waals surface area contributed by atoms with Gasteiger partial charge in [0.2, 0.25) is 10.0 Å². The molecule has 0 unspecified atom stereocenters. The van der Waals surface area contributed by atoms with Gasteiger partial charge in [-0.1, -0.05) is 0 Å². The van der Waals surface area contributed by atoms with Crippen molar-refractivity contribution in [2.75, 3.05) is 22.8 Å². The number of ether oxygens (including phenoxy) is 1. The van der Waals surface area contributed by atoms with Crippen molar-refractivity contribution < 1.29 is 21.6 Å². The van der Waals surface area contributed by atoms with Crippen LogP contribution < -0.4 is 14.2 Å². The number of rotatable bonds is 6. The van der Waals surface area contributed by atoms with E-state index in [2.05, 4.69) is 9.44 Å². The third-order valence-electron chi connectivity index (χ3n) is 2.81. The van der Waals surface area contributed by atoms with Crippen LogP contribution in [0.5, 0.6) is 5.75 Å². The van der Waals surface area contributed by atoms with Crippen molar-refractivity contribution in [2.45, 2.75) is 4.90 Å². The quantitative estimate of drug-likeness (QED) is 0.823. The summed E-state index contributed by atoms with van der Waals surface area (Å²) >= 11 is 0. The van der Waals surface area contributed by atoms with Gasteiger partial charge in [0.05, 0.1) is 18.3 Å². The maximum Gasteiger partial charge on any atom is 0.261 e. The first kappa shape index (κ1) is 17.1. The van der Waals surface area contributed by atoms with Crippen LogP contribution in [0.25, 0.3) is 0 Å². The van der Waals surface area contributed by atoms with Crippen molar-refractivity contribution in [3.8, 4) is 5.75 Å². The molecular weight excluding hydrogens is 340 g/mol. The van der Waals surface area contributed by atoms with Crippen LogP contribution in [-0.2, 0) is 20.0 Å². The predicted octanol–water partition coefficient (Wildman–Crippen LogP) is 1.87. The Morgan fingerprint density at radius 3 is 1.70 bits per heavy atom. The summed E-state index contributed by atoms with van der Waals surface area (Å²) in [6, 6.07) is 11.8. The molecule has 2 aromatic carbocycles. The van der Waals surface area contributed by atoms with E-state index in [1.54, 1.807) is 12.1 Å². The summed E-state index contributed by atoms with van der Waals surface area (Å²) in [5.74, 6) is 0.556. The van der Waals surface area contributed by atoms with Gasteiger partial charge in [0.1, 0.15) is 5.75 Å². The molecule has 2 N–H and O–H groups in total. The van der Waals surface area contributed by atoms with Crippen molar-refractivity contribution in [1.82, 2.24) is 0 Å². The van der Waals surface area contributed by atoms with E-state index in [9.17, 15) is 16.8 Å². The lowest BCUT2D eigenvalue weighted by Crippen LogP contribution is -2.13. The van der Waals surface area contributed by atoms with E-state index in [0.717, 1.165) is 6.26 Å². The van der Waals surface area contributed by atoms with E-state index >= 15 is 0 Å². The molecule has 0 saturated carbocycles. The first-order valence-electron chi connectivity index (χ1n) is 6.44. The molecule has 0 spiro atoms. The van der Waals surface area contributed by atoms with E-state index in [1.807, 2.05) is 0 Å². The Kier molecular flexibility index (Phi) is 4.81. The van der Waals surface area contributed by atoms with E-state index < -0.39 is 20.0 Å². The minimum absolute atomic E-state index is 0.0941. The maximum absolute atomic E-state index is 12.3. The molecule has 9 heteroatoms. The van der Waals surface area contributed by atoms with Gasteiger partial charge in [-0.2, -0.15) is 0 Å². The van der Waals surface area contributed by atoms with E-state index in [1.165, 1.54) is 43.5 Å². The summed E-state index contributed by atoms with van der Waals surface area (Å²) in [6.07, 6.45) is 1.04. The van der Waals surface area contributed by atoms with Crippen LogP contribution in [0.3, 0.4) is 0 Å². The molecule has 2 rings (SSSR count). The van der Waals surface area contributed by atoms with Crippen LogP contribution in [0.1, 0.15) is 0 Å². The number of methoxy groups -OCH3 is 1. The van der Waals surface area contributed by atoms with Gasteiger partial charge < -0.3 is 4.74 Å². The van der Waals surface area contributed by atoms with Crippen molar-refractivity contribution in [1.29, 1.82) is 0 Å². The van der Waals surface area contributed by atoms with Gasteiger partial charge in [0.15, 0.2) is 0 Å². The van der Waals surface area contributed by atoms with Crippen LogP contribution in [0, 0.1) is 0 Å². The summed E-state index contributed by atoms with van der Waals surface area (Å²) in [5, 5.41) is 0.